The number of aromatic nitrogens is 2. The van der Waals surface area contributed by atoms with Crippen LogP contribution in [0, 0.1) is 13.8 Å². The number of aryl methyl sites for hydroxylation is 1. The maximum absolute atomic E-state index is 13.4. The number of anilines is 1. The summed E-state index contributed by atoms with van der Waals surface area (Å²) in [5.74, 6) is -1.40. The molecule has 0 spiro atoms. The lowest BCUT2D eigenvalue weighted by Gasteiger charge is -2.17. The molecule has 3 rings (SSSR count). The van der Waals surface area contributed by atoms with Crippen LogP contribution in [0.5, 0.6) is 11.6 Å². The molecule has 2 aromatic carbocycles. The number of nitrogens with zero attached hydrogens (tertiary/aromatic N) is 2. The van der Waals surface area contributed by atoms with Crippen LogP contribution in [0.4, 0.5) is 18.9 Å². The smallest absolute Gasteiger partial charge is 0.435 e. The SMILES string of the molecule is Cc1cccc(Cl)c1Oc1nnc(C(F)(F)F)c(C)c1C(=O)Nc1cccc(S(C)(=O)=O)c1. The lowest BCUT2D eigenvalue weighted by molar-refractivity contribution is -0.142. The van der Waals surface area contributed by atoms with E-state index in [1.807, 2.05) is 0 Å². The Morgan fingerprint density at radius 2 is 1.76 bits per heavy atom. The zero-order valence-corrected chi connectivity index (χ0v) is 19.1. The summed E-state index contributed by atoms with van der Waals surface area (Å²) < 4.78 is 69.5. The molecule has 0 fully saturated rings. The van der Waals surface area contributed by atoms with Crippen molar-refractivity contribution in [2.24, 2.45) is 0 Å². The molecule has 0 atom stereocenters. The van der Waals surface area contributed by atoms with Crippen LogP contribution >= 0.6 is 11.6 Å². The molecule has 0 saturated heterocycles. The summed E-state index contributed by atoms with van der Waals surface area (Å²) in [5.41, 5.74) is -1.81. The minimum Gasteiger partial charge on any atom is -0.435 e. The van der Waals surface area contributed by atoms with Gasteiger partial charge in [0.05, 0.1) is 9.92 Å². The number of ether oxygens (including phenoxy) is 1. The number of nitrogens with one attached hydrogen (secondary N) is 1. The van der Waals surface area contributed by atoms with Crippen LogP contribution in [0.25, 0.3) is 0 Å². The first kappa shape index (κ1) is 24.5. The van der Waals surface area contributed by atoms with Gasteiger partial charge in [-0.3, -0.25) is 4.79 Å². The molecule has 7 nitrogen and oxygen atoms in total. The molecule has 1 aromatic heterocycles. The van der Waals surface area contributed by atoms with E-state index in [0.29, 0.717) is 5.56 Å². The Morgan fingerprint density at radius 3 is 2.36 bits per heavy atom. The first-order valence-corrected chi connectivity index (χ1v) is 11.5. The predicted octanol–water partition coefficient (Wildman–Crippen LogP) is 5.21. The van der Waals surface area contributed by atoms with Gasteiger partial charge in [-0.15, -0.1) is 10.2 Å². The van der Waals surface area contributed by atoms with Gasteiger partial charge >= 0.3 is 6.18 Å². The zero-order chi connectivity index (χ0) is 24.6. The summed E-state index contributed by atoms with van der Waals surface area (Å²) >= 11 is 6.13. The fourth-order valence-corrected chi connectivity index (χ4v) is 3.88. The normalized spacial score (nSPS) is 11.8. The second kappa shape index (κ2) is 8.99. The van der Waals surface area contributed by atoms with Crippen molar-refractivity contribution in [1.82, 2.24) is 10.2 Å². The zero-order valence-electron chi connectivity index (χ0n) is 17.5. The lowest BCUT2D eigenvalue weighted by atomic mass is 10.1. The molecule has 1 heterocycles. The summed E-state index contributed by atoms with van der Waals surface area (Å²) in [5, 5.41) is 9.24. The number of rotatable bonds is 5. The first-order chi connectivity index (χ1) is 15.3. The van der Waals surface area contributed by atoms with E-state index in [0.717, 1.165) is 13.2 Å². The van der Waals surface area contributed by atoms with Crippen molar-refractivity contribution in [2.75, 3.05) is 11.6 Å². The van der Waals surface area contributed by atoms with E-state index in [4.69, 9.17) is 16.3 Å². The minimum atomic E-state index is -4.87. The monoisotopic (exact) mass is 499 g/mol. The summed E-state index contributed by atoms with van der Waals surface area (Å²) in [4.78, 5) is 13.0. The summed E-state index contributed by atoms with van der Waals surface area (Å²) in [6.07, 6.45) is -3.89. The van der Waals surface area contributed by atoms with Crippen molar-refractivity contribution < 1.29 is 31.1 Å². The van der Waals surface area contributed by atoms with Crippen LogP contribution in [0.1, 0.15) is 27.2 Å². The Bertz CT molecular complexity index is 1320. The molecular formula is C21H17ClF3N3O4S. The predicted molar refractivity (Wildman–Crippen MR) is 116 cm³/mol. The van der Waals surface area contributed by atoms with E-state index in [2.05, 4.69) is 15.5 Å². The van der Waals surface area contributed by atoms with E-state index >= 15 is 0 Å². The van der Waals surface area contributed by atoms with E-state index in [9.17, 15) is 26.4 Å². The quantitative estimate of drug-likeness (QED) is 0.517. The highest BCUT2D eigenvalue weighted by atomic mass is 35.5. The number of carbonyl (C=O) groups excluding carboxylic acids is 1. The van der Waals surface area contributed by atoms with Crippen LogP contribution in [0.15, 0.2) is 47.4 Å². The Balaban J connectivity index is 2.11. The number of amides is 1. The van der Waals surface area contributed by atoms with E-state index in [1.165, 1.54) is 30.3 Å². The third-order valence-electron chi connectivity index (χ3n) is 4.56. The fourth-order valence-electron chi connectivity index (χ4n) is 2.95. The first-order valence-electron chi connectivity index (χ1n) is 9.28. The van der Waals surface area contributed by atoms with Crippen LogP contribution in [-0.4, -0.2) is 30.8 Å². The number of sulfone groups is 1. The van der Waals surface area contributed by atoms with Crippen LogP contribution in [0.2, 0.25) is 5.02 Å². The second-order valence-corrected chi connectivity index (χ2v) is 9.52. The summed E-state index contributed by atoms with van der Waals surface area (Å²) in [6.45, 7) is 2.72. The van der Waals surface area contributed by atoms with Crippen molar-refractivity contribution in [1.29, 1.82) is 0 Å². The van der Waals surface area contributed by atoms with Gasteiger partial charge in [0.15, 0.2) is 21.3 Å². The average Bonchev–Trinajstić information content (AvgIpc) is 2.69. The van der Waals surface area contributed by atoms with Gasteiger partial charge in [-0.25, -0.2) is 8.42 Å². The molecule has 0 unspecified atom stereocenters. The molecule has 12 heteroatoms. The highest BCUT2D eigenvalue weighted by Crippen LogP contribution is 2.37. The highest BCUT2D eigenvalue weighted by molar-refractivity contribution is 7.90. The maximum Gasteiger partial charge on any atom is 0.435 e. The van der Waals surface area contributed by atoms with Gasteiger partial charge in [-0.05, 0) is 49.2 Å². The van der Waals surface area contributed by atoms with Crippen LogP contribution < -0.4 is 10.1 Å². The average molecular weight is 500 g/mol. The van der Waals surface area contributed by atoms with Crippen molar-refractivity contribution in [2.45, 2.75) is 24.9 Å². The van der Waals surface area contributed by atoms with Crippen LogP contribution in [0.3, 0.4) is 0 Å². The number of para-hydroxylation sites is 1. The van der Waals surface area contributed by atoms with Gasteiger partial charge in [0.1, 0.15) is 5.56 Å². The topological polar surface area (TPSA) is 98.2 Å². The van der Waals surface area contributed by atoms with Gasteiger partial charge in [0.25, 0.3) is 11.8 Å². The largest absolute Gasteiger partial charge is 0.435 e. The van der Waals surface area contributed by atoms with Crippen LogP contribution in [-0.2, 0) is 16.0 Å². The second-order valence-electron chi connectivity index (χ2n) is 7.09. The number of hydrogen-bond donors (Lipinski definition) is 1. The number of alkyl halides is 3. The standard InChI is InChI=1S/C21H17ClF3N3O4S/c1-11-6-4-9-15(22)17(11)32-20-16(12(2)18(27-28-20)21(23,24)25)19(29)26-13-7-5-8-14(10-13)33(3,30)31/h4-10H,1-3H3,(H,26,29). The number of hydrogen-bond acceptors (Lipinski definition) is 6. The van der Waals surface area contributed by atoms with Crippen molar-refractivity contribution in [3.8, 4) is 11.6 Å². The number of carbonyl (C=O) groups is 1. The highest BCUT2D eigenvalue weighted by Gasteiger charge is 2.38. The van der Waals surface area contributed by atoms with E-state index < -0.39 is 44.6 Å². The Kier molecular flexibility index (Phi) is 6.66. The summed E-state index contributed by atoms with van der Waals surface area (Å²) in [7, 11) is -3.58. The third kappa shape index (κ3) is 5.42. The molecule has 1 amide bonds. The third-order valence-corrected chi connectivity index (χ3v) is 5.97. The molecule has 1 N–H and O–H groups in total. The Hall–Kier alpha value is -3.18. The molecule has 0 aliphatic heterocycles. The number of halogens is 4. The van der Waals surface area contributed by atoms with Gasteiger partial charge in [0, 0.05) is 11.9 Å². The van der Waals surface area contributed by atoms with Crippen molar-refractivity contribution in [3.63, 3.8) is 0 Å². The molecule has 33 heavy (non-hydrogen) atoms. The van der Waals surface area contributed by atoms with E-state index in [-0.39, 0.29) is 21.4 Å². The van der Waals surface area contributed by atoms with Gasteiger partial charge < -0.3 is 10.1 Å². The Labute approximate surface area is 192 Å². The molecule has 0 aliphatic carbocycles. The maximum atomic E-state index is 13.4. The molecular weight excluding hydrogens is 483 g/mol. The molecule has 174 valence electrons. The molecule has 3 aromatic rings. The molecule has 0 aliphatic rings. The van der Waals surface area contributed by atoms with Crippen molar-refractivity contribution >= 4 is 33.0 Å². The van der Waals surface area contributed by atoms with Gasteiger partial charge in [-0.2, -0.15) is 13.2 Å². The van der Waals surface area contributed by atoms with Gasteiger partial charge in [0.2, 0.25) is 0 Å². The van der Waals surface area contributed by atoms with Gasteiger partial charge in [-0.1, -0.05) is 29.8 Å². The molecule has 0 saturated carbocycles. The Morgan fingerprint density at radius 1 is 1.09 bits per heavy atom. The van der Waals surface area contributed by atoms with Crippen molar-refractivity contribution in [3.05, 3.63) is 69.9 Å². The minimum absolute atomic E-state index is 0.0487. The number of benzene rings is 2. The fraction of sp³-hybridized carbons (Fsp3) is 0.190. The molecule has 0 bridgehead atoms. The van der Waals surface area contributed by atoms with E-state index in [1.54, 1.807) is 19.1 Å². The summed E-state index contributed by atoms with van der Waals surface area (Å²) in [6, 6.07) is 10.1. The lowest BCUT2D eigenvalue weighted by Crippen LogP contribution is -2.21. The molecule has 0 radical (unpaired) electrons.